The van der Waals surface area contributed by atoms with Gasteiger partial charge in [0.1, 0.15) is 5.25 Å². The average molecular weight is 294 g/mol. The number of hydrogen-bond acceptors (Lipinski definition) is 5. The van der Waals surface area contributed by atoms with Crippen molar-refractivity contribution in [3.8, 4) is 11.5 Å². The number of aryl methyl sites for hydroxylation is 1. The lowest BCUT2D eigenvalue weighted by Gasteiger charge is -2.08. The minimum absolute atomic E-state index is 0.226. The van der Waals surface area contributed by atoms with E-state index in [1.165, 1.54) is 11.8 Å². The van der Waals surface area contributed by atoms with E-state index in [0.29, 0.717) is 23.1 Å². The molecule has 0 radical (unpaired) electrons. The van der Waals surface area contributed by atoms with Crippen LogP contribution in [0.25, 0.3) is 11.0 Å². The number of aromatic nitrogens is 2. The molecule has 1 unspecified atom stereocenters. The summed E-state index contributed by atoms with van der Waals surface area (Å²) in [4.78, 5) is 15.6. The summed E-state index contributed by atoms with van der Waals surface area (Å²) in [6.07, 6.45) is 0.548. The van der Waals surface area contributed by atoms with Crippen LogP contribution in [0.2, 0.25) is 0 Å². The molecule has 0 aliphatic carbocycles. The smallest absolute Gasteiger partial charge is 0.317 e. The molecule has 7 heteroatoms. The Bertz CT molecular complexity index is 683. The molecule has 0 saturated heterocycles. The second kappa shape index (κ2) is 4.90. The summed E-state index contributed by atoms with van der Waals surface area (Å²) in [5, 5.41) is 9.32. The molecule has 1 N–H and O–H groups in total. The predicted octanol–water partition coefficient (Wildman–Crippen LogP) is 2.26. The maximum atomic E-state index is 11.1. The molecule has 0 spiro atoms. The largest absolute Gasteiger partial charge is 0.480 e. The summed E-state index contributed by atoms with van der Waals surface area (Å²) in [5.41, 5.74) is 1.68. The van der Waals surface area contributed by atoms with Crippen LogP contribution in [-0.2, 0) is 11.8 Å². The molecule has 1 aliphatic rings. The molecule has 1 atom stereocenters. The van der Waals surface area contributed by atoms with Crippen LogP contribution in [0.1, 0.15) is 13.3 Å². The third kappa shape index (κ3) is 2.07. The molecule has 106 valence electrons. The lowest BCUT2D eigenvalue weighted by molar-refractivity contribution is -0.136. The molecule has 0 fully saturated rings. The van der Waals surface area contributed by atoms with Gasteiger partial charge in [0.05, 0.1) is 11.0 Å². The van der Waals surface area contributed by atoms with Crippen molar-refractivity contribution in [2.45, 2.75) is 23.8 Å². The molecule has 1 aromatic carbocycles. The van der Waals surface area contributed by atoms with Crippen LogP contribution in [0.4, 0.5) is 0 Å². The summed E-state index contributed by atoms with van der Waals surface area (Å²) in [6, 6.07) is 3.69. The number of thioether (sulfide) groups is 1. The molecule has 2 heterocycles. The number of benzene rings is 1. The monoisotopic (exact) mass is 294 g/mol. The minimum atomic E-state index is -0.821. The number of aliphatic carboxylic acids is 1. The fraction of sp³-hybridized carbons (Fsp3) is 0.385. The highest BCUT2D eigenvalue weighted by molar-refractivity contribution is 8.00. The van der Waals surface area contributed by atoms with Crippen molar-refractivity contribution >= 4 is 28.8 Å². The van der Waals surface area contributed by atoms with Crippen LogP contribution >= 0.6 is 11.8 Å². The summed E-state index contributed by atoms with van der Waals surface area (Å²) in [7, 11) is 1.87. The Kier molecular flexibility index (Phi) is 3.21. The minimum Gasteiger partial charge on any atom is -0.480 e. The van der Waals surface area contributed by atoms with E-state index in [9.17, 15) is 4.79 Å². The number of nitrogens with zero attached hydrogens (tertiary/aromatic N) is 2. The van der Waals surface area contributed by atoms with Gasteiger partial charge in [-0.15, -0.1) is 0 Å². The molecular formula is C13H14N2O4S. The van der Waals surface area contributed by atoms with Crippen LogP contribution in [0.15, 0.2) is 17.3 Å². The first-order chi connectivity index (χ1) is 9.60. The average Bonchev–Trinajstić information content (AvgIpc) is 2.98. The van der Waals surface area contributed by atoms with Crippen molar-refractivity contribution in [2.75, 3.05) is 6.79 Å². The summed E-state index contributed by atoms with van der Waals surface area (Å²) in [6.45, 7) is 2.08. The van der Waals surface area contributed by atoms with Gasteiger partial charge in [-0.3, -0.25) is 4.79 Å². The highest BCUT2D eigenvalue weighted by atomic mass is 32.2. The number of rotatable bonds is 4. The Labute approximate surface area is 119 Å². The van der Waals surface area contributed by atoms with Crippen LogP contribution in [0.3, 0.4) is 0 Å². The van der Waals surface area contributed by atoms with Crippen LogP contribution in [0, 0.1) is 0 Å². The molecule has 0 bridgehead atoms. The zero-order valence-electron chi connectivity index (χ0n) is 11.1. The first kappa shape index (κ1) is 13.1. The maximum Gasteiger partial charge on any atom is 0.317 e. The molecule has 0 amide bonds. The molecule has 6 nitrogen and oxygen atoms in total. The van der Waals surface area contributed by atoms with E-state index in [0.717, 1.165) is 11.0 Å². The molecule has 0 saturated carbocycles. The number of ether oxygens (including phenoxy) is 2. The van der Waals surface area contributed by atoms with Gasteiger partial charge in [0, 0.05) is 19.2 Å². The zero-order valence-corrected chi connectivity index (χ0v) is 11.9. The lowest BCUT2D eigenvalue weighted by Crippen LogP contribution is -2.15. The normalized spacial score (nSPS) is 14.7. The SMILES string of the molecule is CCC(Sc1nc2cc3c(cc2n1C)OCO3)C(=O)O. The third-order valence-corrected chi connectivity index (χ3v) is 4.62. The second-order valence-electron chi connectivity index (χ2n) is 4.50. The van der Waals surface area contributed by atoms with Crippen molar-refractivity contribution in [3.05, 3.63) is 12.1 Å². The second-order valence-corrected chi connectivity index (χ2v) is 5.67. The molecule has 1 aliphatic heterocycles. The van der Waals surface area contributed by atoms with Crippen molar-refractivity contribution in [2.24, 2.45) is 7.05 Å². The summed E-state index contributed by atoms with van der Waals surface area (Å²) in [5.74, 6) is 0.554. The van der Waals surface area contributed by atoms with Crippen LogP contribution < -0.4 is 9.47 Å². The zero-order chi connectivity index (χ0) is 14.3. The number of carbonyl (C=O) groups is 1. The van der Waals surface area contributed by atoms with E-state index >= 15 is 0 Å². The van der Waals surface area contributed by atoms with Gasteiger partial charge in [0.2, 0.25) is 6.79 Å². The molecule has 1 aromatic heterocycles. The summed E-state index contributed by atoms with van der Waals surface area (Å²) < 4.78 is 12.6. The fourth-order valence-electron chi connectivity index (χ4n) is 2.10. The Hall–Kier alpha value is -1.89. The standard InChI is InChI=1S/C13H14N2O4S/c1-3-11(12(16)17)20-13-14-7-4-9-10(19-6-18-9)5-8(7)15(13)2/h4-5,11H,3,6H2,1-2H3,(H,16,17). The van der Waals surface area contributed by atoms with Gasteiger partial charge in [0.25, 0.3) is 0 Å². The fourth-order valence-corrected chi connectivity index (χ4v) is 3.03. The Morgan fingerprint density at radius 1 is 1.50 bits per heavy atom. The predicted molar refractivity (Wildman–Crippen MR) is 74.4 cm³/mol. The van der Waals surface area contributed by atoms with E-state index in [-0.39, 0.29) is 6.79 Å². The van der Waals surface area contributed by atoms with Gasteiger partial charge in [0.15, 0.2) is 16.7 Å². The summed E-state index contributed by atoms with van der Waals surface area (Å²) >= 11 is 1.26. The van der Waals surface area contributed by atoms with Gasteiger partial charge in [-0.25, -0.2) is 4.98 Å². The Morgan fingerprint density at radius 2 is 2.20 bits per heavy atom. The van der Waals surface area contributed by atoms with E-state index in [2.05, 4.69) is 4.98 Å². The number of carboxylic acid groups (broad SMARTS) is 1. The van der Waals surface area contributed by atoms with Gasteiger partial charge in [-0.1, -0.05) is 18.7 Å². The van der Waals surface area contributed by atoms with Crippen molar-refractivity contribution in [1.29, 1.82) is 0 Å². The number of carboxylic acids is 1. The Morgan fingerprint density at radius 3 is 2.85 bits per heavy atom. The number of fused-ring (bicyclic) bond motifs is 2. The van der Waals surface area contributed by atoms with E-state index in [4.69, 9.17) is 14.6 Å². The quantitative estimate of drug-likeness (QED) is 0.872. The number of hydrogen-bond donors (Lipinski definition) is 1. The van der Waals surface area contributed by atoms with Crippen molar-refractivity contribution in [3.63, 3.8) is 0 Å². The van der Waals surface area contributed by atoms with E-state index < -0.39 is 11.2 Å². The molecule has 3 rings (SSSR count). The molecular weight excluding hydrogens is 280 g/mol. The van der Waals surface area contributed by atoms with Crippen LogP contribution in [0.5, 0.6) is 11.5 Å². The number of imidazole rings is 1. The van der Waals surface area contributed by atoms with Crippen molar-refractivity contribution in [1.82, 2.24) is 9.55 Å². The van der Waals surface area contributed by atoms with E-state index in [1.807, 2.05) is 30.7 Å². The highest BCUT2D eigenvalue weighted by Crippen LogP contribution is 2.37. The molecule has 20 heavy (non-hydrogen) atoms. The van der Waals surface area contributed by atoms with Crippen molar-refractivity contribution < 1.29 is 19.4 Å². The first-order valence-corrected chi connectivity index (χ1v) is 7.13. The topological polar surface area (TPSA) is 73.6 Å². The van der Waals surface area contributed by atoms with Gasteiger partial charge in [-0.2, -0.15) is 0 Å². The first-order valence-electron chi connectivity index (χ1n) is 6.25. The van der Waals surface area contributed by atoms with Gasteiger partial charge in [-0.05, 0) is 6.42 Å². The van der Waals surface area contributed by atoms with Gasteiger partial charge < -0.3 is 19.1 Å². The highest BCUT2D eigenvalue weighted by Gasteiger charge is 2.22. The van der Waals surface area contributed by atoms with E-state index in [1.54, 1.807) is 0 Å². The van der Waals surface area contributed by atoms with Gasteiger partial charge >= 0.3 is 5.97 Å². The third-order valence-electron chi connectivity index (χ3n) is 3.23. The maximum absolute atomic E-state index is 11.1. The Balaban J connectivity index is 2.01. The van der Waals surface area contributed by atoms with Crippen LogP contribution in [-0.4, -0.2) is 32.7 Å². The molecule has 2 aromatic rings. The lowest BCUT2D eigenvalue weighted by atomic mass is 10.3.